The topological polar surface area (TPSA) is 77.9 Å². The molecule has 1 aliphatic heterocycles. The van der Waals surface area contributed by atoms with E-state index in [4.69, 9.17) is 5.11 Å². The fourth-order valence-electron chi connectivity index (χ4n) is 3.64. The average molecular weight is 310 g/mol. The number of aliphatic carboxylic acids is 1. The van der Waals surface area contributed by atoms with Gasteiger partial charge in [0.15, 0.2) is 0 Å². The highest BCUT2D eigenvalue weighted by atomic mass is 16.4. The van der Waals surface area contributed by atoms with E-state index in [1.54, 1.807) is 6.92 Å². The van der Waals surface area contributed by atoms with Gasteiger partial charge in [-0.15, -0.1) is 0 Å². The van der Waals surface area contributed by atoms with Crippen LogP contribution >= 0.6 is 0 Å². The van der Waals surface area contributed by atoms with Crippen molar-refractivity contribution >= 4 is 17.8 Å². The highest BCUT2D eigenvalue weighted by molar-refractivity contribution is 5.89. The Morgan fingerprint density at radius 2 is 1.64 bits per heavy atom. The SMILES string of the molecule is CCN(CC(=O)O)C(=O)C1CCCCC1C(=O)N1CCCC1. The van der Waals surface area contributed by atoms with E-state index in [2.05, 4.69) is 0 Å². The lowest BCUT2D eigenvalue weighted by Gasteiger charge is -2.35. The largest absolute Gasteiger partial charge is 0.480 e. The smallest absolute Gasteiger partial charge is 0.323 e. The molecule has 2 unspecified atom stereocenters. The number of nitrogens with zero attached hydrogens (tertiary/aromatic N) is 2. The molecule has 1 aliphatic carbocycles. The van der Waals surface area contributed by atoms with Crippen LogP contribution in [0.4, 0.5) is 0 Å². The molecule has 0 aromatic carbocycles. The number of rotatable bonds is 5. The van der Waals surface area contributed by atoms with Crippen molar-refractivity contribution < 1.29 is 19.5 Å². The Kier molecular flexibility index (Phi) is 5.80. The lowest BCUT2D eigenvalue weighted by molar-refractivity contribution is -0.151. The molecule has 6 heteroatoms. The quantitative estimate of drug-likeness (QED) is 0.831. The molecule has 1 N–H and O–H groups in total. The van der Waals surface area contributed by atoms with Crippen LogP contribution < -0.4 is 0 Å². The third kappa shape index (κ3) is 3.78. The van der Waals surface area contributed by atoms with Gasteiger partial charge in [-0.1, -0.05) is 12.8 Å². The minimum Gasteiger partial charge on any atom is -0.480 e. The van der Waals surface area contributed by atoms with Gasteiger partial charge in [0.25, 0.3) is 0 Å². The van der Waals surface area contributed by atoms with E-state index in [9.17, 15) is 14.4 Å². The van der Waals surface area contributed by atoms with Crippen molar-refractivity contribution in [3.05, 3.63) is 0 Å². The van der Waals surface area contributed by atoms with E-state index in [1.165, 1.54) is 4.90 Å². The Bertz CT molecular complexity index is 432. The summed E-state index contributed by atoms with van der Waals surface area (Å²) in [5.41, 5.74) is 0. The second-order valence-corrected chi connectivity index (χ2v) is 6.28. The fraction of sp³-hybridized carbons (Fsp3) is 0.812. The Morgan fingerprint density at radius 3 is 2.18 bits per heavy atom. The molecule has 0 aromatic rings. The van der Waals surface area contributed by atoms with Gasteiger partial charge in [-0.25, -0.2) is 0 Å². The first-order valence-electron chi connectivity index (χ1n) is 8.34. The summed E-state index contributed by atoms with van der Waals surface area (Å²) in [6.07, 6.45) is 5.42. The van der Waals surface area contributed by atoms with E-state index in [0.29, 0.717) is 13.0 Å². The van der Waals surface area contributed by atoms with Crippen LogP contribution in [-0.4, -0.2) is 58.9 Å². The van der Waals surface area contributed by atoms with Crippen molar-refractivity contribution in [1.82, 2.24) is 9.80 Å². The number of carbonyl (C=O) groups excluding carboxylic acids is 2. The molecule has 2 amide bonds. The van der Waals surface area contributed by atoms with Gasteiger partial charge in [0.1, 0.15) is 6.54 Å². The number of carboxylic acid groups (broad SMARTS) is 1. The van der Waals surface area contributed by atoms with Crippen LogP contribution in [0.1, 0.15) is 45.4 Å². The molecular weight excluding hydrogens is 284 g/mol. The fourth-order valence-corrected chi connectivity index (χ4v) is 3.64. The molecule has 22 heavy (non-hydrogen) atoms. The summed E-state index contributed by atoms with van der Waals surface area (Å²) in [6, 6.07) is 0. The normalized spacial score (nSPS) is 25.0. The molecule has 1 saturated carbocycles. The Labute approximate surface area is 131 Å². The van der Waals surface area contributed by atoms with Crippen LogP contribution in [0.3, 0.4) is 0 Å². The van der Waals surface area contributed by atoms with Crippen molar-refractivity contribution in [1.29, 1.82) is 0 Å². The van der Waals surface area contributed by atoms with Crippen molar-refractivity contribution in [2.75, 3.05) is 26.2 Å². The highest BCUT2D eigenvalue weighted by Crippen LogP contribution is 2.33. The van der Waals surface area contributed by atoms with E-state index in [1.807, 2.05) is 4.90 Å². The number of hydrogen-bond donors (Lipinski definition) is 1. The zero-order valence-electron chi connectivity index (χ0n) is 13.3. The molecule has 6 nitrogen and oxygen atoms in total. The van der Waals surface area contributed by atoms with E-state index in [-0.39, 0.29) is 30.2 Å². The van der Waals surface area contributed by atoms with Gasteiger partial charge in [0.05, 0.1) is 0 Å². The van der Waals surface area contributed by atoms with Crippen molar-refractivity contribution in [2.45, 2.75) is 45.4 Å². The standard InChI is InChI=1S/C16H26N2O4/c1-2-17(11-14(19)20)15(21)12-7-3-4-8-13(12)16(22)18-9-5-6-10-18/h12-13H,2-11H2,1H3,(H,19,20). The van der Waals surface area contributed by atoms with Gasteiger partial charge in [0.2, 0.25) is 11.8 Å². The van der Waals surface area contributed by atoms with Gasteiger partial charge >= 0.3 is 5.97 Å². The van der Waals surface area contributed by atoms with Crippen LogP contribution in [-0.2, 0) is 14.4 Å². The number of likely N-dealkylation sites (tertiary alicyclic amines) is 1. The minimum absolute atomic E-state index is 0.0990. The molecule has 0 radical (unpaired) electrons. The summed E-state index contributed by atoms with van der Waals surface area (Å²) in [4.78, 5) is 39.5. The van der Waals surface area contributed by atoms with Gasteiger partial charge in [0, 0.05) is 31.5 Å². The molecule has 2 rings (SSSR count). The summed E-state index contributed by atoms with van der Waals surface area (Å²) >= 11 is 0. The zero-order chi connectivity index (χ0) is 16.1. The van der Waals surface area contributed by atoms with Gasteiger partial charge in [-0.2, -0.15) is 0 Å². The molecule has 0 aromatic heterocycles. The van der Waals surface area contributed by atoms with Crippen LogP contribution in [0.15, 0.2) is 0 Å². The number of hydrogen-bond acceptors (Lipinski definition) is 3. The maximum absolute atomic E-state index is 12.7. The Balaban J connectivity index is 2.09. The van der Waals surface area contributed by atoms with Crippen molar-refractivity contribution in [3.63, 3.8) is 0 Å². The maximum atomic E-state index is 12.7. The molecule has 0 bridgehead atoms. The zero-order valence-corrected chi connectivity index (χ0v) is 13.3. The third-order valence-electron chi connectivity index (χ3n) is 4.84. The highest BCUT2D eigenvalue weighted by Gasteiger charge is 2.40. The van der Waals surface area contributed by atoms with E-state index >= 15 is 0 Å². The second kappa shape index (κ2) is 7.61. The van der Waals surface area contributed by atoms with Gasteiger partial charge in [-0.3, -0.25) is 14.4 Å². The first-order chi connectivity index (χ1) is 10.5. The summed E-state index contributed by atoms with van der Waals surface area (Å²) in [5.74, 6) is -1.68. The molecule has 1 heterocycles. The lowest BCUT2D eigenvalue weighted by atomic mass is 9.77. The van der Waals surface area contributed by atoms with Crippen molar-refractivity contribution in [2.24, 2.45) is 11.8 Å². The molecule has 124 valence electrons. The maximum Gasteiger partial charge on any atom is 0.323 e. The number of amides is 2. The lowest BCUT2D eigenvalue weighted by Crippen LogP contribution is -2.47. The molecule has 1 saturated heterocycles. The summed E-state index contributed by atoms with van der Waals surface area (Å²) in [7, 11) is 0. The van der Waals surface area contributed by atoms with Crippen LogP contribution in [0.5, 0.6) is 0 Å². The van der Waals surface area contributed by atoms with Gasteiger partial charge < -0.3 is 14.9 Å². The van der Waals surface area contributed by atoms with Crippen LogP contribution in [0, 0.1) is 11.8 Å². The first-order valence-corrected chi connectivity index (χ1v) is 8.34. The predicted molar refractivity (Wildman–Crippen MR) is 81.2 cm³/mol. The van der Waals surface area contributed by atoms with Gasteiger partial charge in [-0.05, 0) is 32.6 Å². The van der Waals surface area contributed by atoms with Crippen LogP contribution in [0.2, 0.25) is 0 Å². The van der Waals surface area contributed by atoms with Crippen molar-refractivity contribution in [3.8, 4) is 0 Å². The van der Waals surface area contributed by atoms with E-state index < -0.39 is 5.97 Å². The number of carboxylic acids is 1. The predicted octanol–water partition coefficient (Wildman–Crippen LogP) is 1.35. The first kappa shape index (κ1) is 16.8. The molecule has 0 spiro atoms. The van der Waals surface area contributed by atoms with E-state index in [0.717, 1.165) is 45.2 Å². The third-order valence-corrected chi connectivity index (χ3v) is 4.84. The average Bonchev–Trinajstić information content (AvgIpc) is 3.05. The second-order valence-electron chi connectivity index (χ2n) is 6.28. The monoisotopic (exact) mass is 310 g/mol. The number of likely N-dealkylation sites (N-methyl/N-ethyl adjacent to an activating group) is 1. The molecule has 2 aliphatic rings. The summed E-state index contributed by atoms with van der Waals surface area (Å²) in [6.45, 7) is 3.45. The Morgan fingerprint density at radius 1 is 1.05 bits per heavy atom. The minimum atomic E-state index is -1.01. The summed E-state index contributed by atoms with van der Waals surface area (Å²) in [5, 5.41) is 8.94. The molecule has 2 fully saturated rings. The molecule has 2 atom stereocenters. The summed E-state index contributed by atoms with van der Waals surface area (Å²) < 4.78 is 0. The Hall–Kier alpha value is -1.59. The molecular formula is C16H26N2O4. The number of carbonyl (C=O) groups is 3. The van der Waals surface area contributed by atoms with Crippen LogP contribution in [0.25, 0.3) is 0 Å².